The minimum Gasteiger partial charge on any atom is -0.504 e. The summed E-state index contributed by atoms with van der Waals surface area (Å²) in [7, 11) is 1.52. The van der Waals surface area contributed by atoms with Crippen LogP contribution in [0.15, 0.2) is 46.3 Å². The molecule has 5 aliphatic carbocycles. The van der Waals surface area contributed by atoms with Gasteiger partial charge >= 0.3 is 5.97 Å². The minimum atomic E-state index is -0.424. The molecule has 4 nitrogen and oxygen atoms in total. The van der Waals surface area contributed by atoms with E-state index in [9.17, 15) is 14.7 Å². The molecule has 4 heteroatoms. The van der Waals surface area contributed by atoms with Gasteiger partial charge in [0.15, 0.2) is 5.76 Å². The van der Waals surface area contributed by atoms with E-state index in [4.69, 9.17) is 4.74 Å². The van der Waals surface area contributed by atoms with E-state index in [1.165, 1.54) is 12.7 Å². The first-order valence-corrected chi connectivity index (χ1v) is 12.9. The van der Waals surface area contributed by atoms with Crippen LogP contribution >= 0.6 is 0 Å². The molecule has 1 N–H and O–H groups in total. The summed E-state index contributed by atoms with van der Waals surface area (Å²) in [5.41, 5.74) is 3.82. The van der Waals surface area contributed by atoms with E-state index in [0.29, 0.717) is 11.5 Å². The zero-order valence-electron chi connectivity index (χ0n) is 21.9. The number of fused-ring (bicyclic) bond motifs is 7. The molecule has 3 fully saturated rings. The van der Waals surface area contributed by atoms with Gasteiger partial charge in [-0.2, -0.15) is 0 Å². The van der Waals surface area contributed by atoms with E-state index in [-0.39, 0.29) is 39.2 Å². The lowest BCUT2D eigenvalue weighted by Gasteiger charge is -2.70. The van der Waals surface area contributed by atoms with Crippen LogP contribution in [0.25, 0.3) is 0 Å². The van der Waals surface area contributed by atoms with Gasteiger partial charge < -0.3 is 9.84 Å². The molecule has 5 rings (SSSR count). The van der Waals surface area contributed by atoms with Crippen LogP contribution in [-0.4, -0.2) is 24.0 Å². The molecule has 0 radical (unpaired) electrons. The highest BCUT2D eigenvalue weighted by Gasteiger charge is 2.67. The van der Waals surface area contributed by atoms with E-state index in [1.54, 1.807) is 6.08 Å². The molecule has 0 aromatic rings. The van der Waals surface area contributed by atoms with Crippen LogP contribution in [0.5, 0.6) is 0 Å². The van der Waals surface area contributed by atoms with Gasteiger partial charge in [0, 0.05) is 11.0 Å². The van der Waals surface area contributed by atoms with Crippen LogP contribution in [0.1, 0.15) is 86.5 Å². The fraction of sp³-hybridized carbons (Fsp3) is 0.667. The van der Waals surface area contributed by atoms with Gasteiger partial charge in [-0.15, -0.1) is 0 Å². The van der Waals surface area contributed by atoms with Gasteiger partial charge in [0.25, 0.3) is 0 Å². The maximum absolute atomic E-state index is 12.8. The van der Waals surface area contributed by atoms with E-state index in [2.05, 4.69) is 46.8 Å². The van der Waals surface area contributed by atoms with Crippen LogP contribution in [0.4, 0.5) is 0 Å². The lowest BCUT2D eigenvalue weighted by atomic mass is 9.34. The van der Waals surface area contributed by atoms with Crippen molar-refractivity contribution in [1.82, 2.24) is 0 Å². The molecule has 0 bridgehead atoms. The van der Waals surface area contributed by atoms with Crippen molar-refractivity contribution in [2.24, 2.45) is 33.0 Å². The monoisotopic (exact) mass is 464 g/mol. The third-order valence-corrected chi connectivity index (χ3v) is 11.6. The first kappa shape index (κ1) is 23.6. The maximum atomic E-state index is 12.8. The summed E-state index contributed by atoms with van der Waals surface area (Å²) in [5, 5.41) is 10.3. The summed E-state index contributed by atoms with van der Waals surface area (Å²) in [6, 6.07) is 0. The van der Waals surface area contributed by atoms with Crippen molar-refractivity contribution in [1.29, 1.82) is 0 Å². The molecule has 5 aliphatic rings. The lowest BCUT2D eigenvalue weighted by molar-refractivity contribution is -0.180. The number of allylic oxidation sites excluding steroid dienone is 7. The van der Waals surface area contributed by atoms with Crippen LogP contribution in [-0.2, 0) is 14.3 Å². The largest absolute Gasteiger partial charge is 0.504 e. The molecule has 0 heterocycles. The van der Waals surface area contributed by atoms with Gasteiger partial charge in [-0.25, -0.2) is 0 Å². The summed E-state index contributed by atoms with van der Waals surface area (Å²) < 4.78 is 5.27. The van der Waals surface area contributed by atoms with Gasteiger partial charge in [0.2, 0.25) is 5.78 Å². The van der Waals surface area contributed by atoms with Crippen LogP contribution in [0, 0.1) is 33.0 Å². The van der Waals surface area contributed by atoms with E-state index >= 15 is 0 Å². The van der Waals surface area contributed by atoms with Crippen LogP contribution in [0.2, 0.25) is 0 Å². The number of rotatable bonds is 1. The van der Waals surface area contributed by atoms with Gasteiger partial charge in [-0.1, -0.05) is 45.4 Å². The third kappa shape index (κ3) is 2.72. The quantitative estimate of drug-likeness (QED) is 0.434. The number of carbonyl (C=O) groups excluding carboxylic acids is 2. The van der Waals surface area contributed by atoms with E-state index in [1.807, 2.05) is 6.92 Å². The first-order valence-electron chi connectivity index (χ1n) is 12.9. The molecule has 184 valence electrons. The molecular weight excluding hydrogens is 424 g/mol. The van der Waals surface area contributed by atoms with Crippen molar-refractivity contribution in [3.63, 3.8) is 0 Å². The normalized spacial score (nSPS) is 45.7. The number of hydrogen-bond donors (Lipinski definition) is 1. The molecule has 0 saturated heterocycles. The molecule has 6 atom stereocenters. The fourth-order valence-corrected chi connectivity index (χ4v) is 8.89. The smallest absolute Gasteiger partial charge is 0.311 e. The molecular formula is C30H40O4. The number of aliphatic hydroxyl groups is 1. The molecule has 0 aliphatic heterocycles. The Bertz CT molecular complexity index is 1120. The Morgan fingerprint density at radius 3 is 2.35 bits per heavy atom. The van der Waals surface area contributed by atoms with E-state index < -0.39 is 5.41 Å². The van der Waals surface area contributed by atoms with Gasteiger partial charge in [0.1, 0.15) is 0 Å². The van der Waals surface area contributed by atoms with Crippen molar-refractivity contribution in [3.8, 4) is 0 Å². The van der Waals surface area contributed by atoms with Gasteiger partial charge in [-0.3, -0.25) is 9.59 Å². The highest BCUT2D eigenvalue weighted by Crippen LogP contribution is 2.75. The minimum absolute atomic E-state index is 0.0262. The lowest BCUT2D eigenvalue weighted by Crippen LogP contribution is -2.62. The third-order valence-electron chi connectivity index (χ3n) is 11.6. The van der Waals surface area contributed by atoms with Crippen molar-refractivity contribution in [3.05, 3.63) is 46.3 Å². The number of aliphatic hydroxyl groups excluding tert-OH is 1. The second-order valence-corrected chi connectivity index (χ2v) is 13.1. The Labute approximate surface area is 204 Å². The molecule has 34 heavy (non-hydrogen) atoms. The number of esters is 1. The van der Waals surface area contributed by atoms with E-state index in [0.717, 1.165) is 56.1 Å². The first-order chi connectivity index (χ1) is 15.8. The predicted molar refractivity (Wildman–Crippen MR) is 133 cm³/mol. The standard InChI is InChI=1S/C30H40O4/c1-18-19-8-9-22-28(4,20(19)16-21(31)24(18)32)13-15-30(6)23-17-27(3,25(33)34-7)11-10-26(23,2)12-14-29(22,30)5/h8-9,16,23,32H,10-15,17H2,1-7H3/t23-,26+,27-,28+,29-,30+/m1/s1. The van der Waals surface area contributed by atoms with Gasteiger partial charge in [0.05, 0.1) is 12.5 Å². The van der Waals surface area contributed by atoms with Gasteiger partial charge in [-0.05, 0) is 98.2 Å². The topological polar surface area (TPSA) is 63.6 Å². The summed E-state index contributed by atoms with van der Waals surface area (Å²) in [4.78, 5) is 25.5. The number of methoxy groups -OCH3 is 1. The molecule has 0 aromatic heterocycles. The zero-order valence-corrected chi connectivity index (χ0v) is 21.9. The molecule has 0 aromatic carbocycles. The molecule has 0 unspecified atom stereocenters. The molecule has 0 spiro atoms. The van der Waals surface area contributed by atoms with Crippen LogP contribution < -0.4 is 0 Å². The fourth-order valence-electron chi connectivity index (χ4n) is 8.89. The maximum Gasteiger partial charge on any atom is 0.311 e. The summed E-state index contributed by atoms with van der Waals surface area (Å²) in [5.74, 6) is -0.0356. The molecule has 0 amide bonds. The highest BCUT2D eigenvalue weighted by atomic mass is 16.5. The van der Waals surface area contributed by atoms with Crippen LogP contribution in [0.3, 0.4) is 0 Å². The highest BCUT2D eigenvalue weighted by molar-refractivity contribution is 6.06. The summed E-state index contributed by atoms with van der Waals surface area (Å²) in [6.45, 7) is 13.7. The number of carbonyl (C=O) groups is 2. The zero-order chi connectivity index (χ0) is 24.9. The Kier molecular flexibility index (Phi) is 4.85. The van der Waals surface area contributed by atoms with Crippen molar-refractivity contribution in [2.75, 3.05) is 7.11 Å². The number of ketones is 1. The number of hydrogen-bond acceptors (Lipinski definition) is 4. The second kappa shape index (κ2) is 6.98. The Morgan fingerprint density at radius 1 is 1.00 bits per heavy atom. The number of ether oxygens (including phenoxy) is 1. The van der Waals surface area contributed by atoms with Crippen molar-refractivity contribution in [2.45, 2.75) is 86.5 Å². The Hall–Kier alpha value is -2.10. The van der Waals surface area contributed by atoms with Crippen molar-refractivity contribution < 1.29 is 19.4 Å². The average Bonchev–Trinajstić information content (AvgIpc) is 2.80. The Morgan fingerprint density at radius 2 is 1.68 bits per heavy atom. The summed E-state index contributed by atoms with van der Waals surface area (Å²) in [6.07, 6.45) is 13.3. The summed E-state index contributed by atoms with van der Waals surface area (Å²) >= 11 is 0. The predicted octanol–water partition coefficient (Wildman–Crippen LogP) is 6.79. The SMILES string of the molecule is COC(=O)[C@]1(C)CC[C@@]2(C)CC[C@]3(C)C4=CC=C5C(=CC(=O)C(O)=C5C)[C@]4(C)CC[C@@]3(C)[C@@H]2C1. The van der Waals surface area contributed by atoms with Crippen molar-refractivity contribution >= 4 is 11.8 Å². The molecule has 3 saturated carbocycles. The second-order valence-electron chi connectivity index (χ2n) is 13.1. The average molecular weight is 465 g/mol. The Balaban J connectivity index is 1.63.